The molecule has 2 rings (SSSR count). The van der Waals surface area contributed by atoms with Crippen LogP contribution in [0.4, 0.5) is 0 Å². The van der Waals surface area contributed by atoms with Crippen molar-refractivity contribution in [2.24, 2.45) is 4.99 Å². The van der Waals surface area contributed by atoms with E-state index >= 15 is 0 Å². The van der Waals surface area contributed by atoms with E-state index in [0.717, 1.165) is 11.5 Å². The SMILES string of the molecule is CN=C(NCc1ccc(C)cc1)NCc1cccc(C(=O)NC(C)(C)C)c1. The first-order chi connectivity index (χ1) is 12.8. The average molecular weight is 367 g/mol. The third-order valence-electron chi connectivity index (χ3n) is 3.94. The summed E-state index contributed by atoms with van der Waals surface area (Å²) in [5.74, 6) is 0.659. The number of rotatable bonds is 5. The van der Waals surface area contributed by atoms with Gasteiger partial charge in [0, 0.05) is 31.2 Å². The summed E-state index contributed by atoms with van der Waals surface area (Å²) in [4.78, 5) is 16.6. The predicted octanol–water partition coefficient (Wildman–Crippen LogP) is 3.39. The van der Waals surface area contributed by atoms with Gasteiger partial charge in [0.05, 0.1) is 0 Å². The van der Waals surface area contributed by atoms with Crippen LogP contribution in [0.15, 0.2) is 53.5 Å². The van der Waals surface area contributed by atoms with Gasteiger partial charge in [0.15, 0.2) is 5.96 Å². The van der Waals surface area contributed by atoms with Crippen molar-refractivity contribution in [3.63, 3.8) is 0 Å². The fourth-order valence-corrected chi connectivity index (χ4v) is 2.53. The lowest BCUT2D eigenvalue weighted by Gasteiger charge is -2.20. The number of carbonyl (C=O) groups excluding carboxylic acids is 1. The van der Waals surface area contributed by atoms with Crippen molar-refractivity contribution in [3.05, 3.63) is 70.8 Å². The van der Waals surface area contributed by atoms with Gasteiger partial charge < -0.3 is 16.0 Å². The van der Waals surface area contributed by atoms with Crippen LogP contribution in [0.2, 0.25) is 0 Å². The third-order valence-corrected chi connectivity index (χ3v) is 3.94. The molecule has 0 heterocycles. The second-order valence-electron chi connectivity index (χ2n) is 7.67. The molecule has 0 atom stereocenters. The standard InChI is InChI=1S/C22H30N4O/c1-16-9-11-17(12-10-16)14-24-21(23-5)25-15-18-7-6-8-19(13-18)20(27)26-22(2,3)4/h6-13H,14-15H2,1-5H3,(H,26,27)(H2,23,24,25). The first-order valence-electron chi connectivity index (χ1n) is 9.18. The number of carbonyl (C=O) groups is 1. The van der Waals surface area contributed by atoms with Crippen LogP contribution < -0.4 is 16.0 Å². The van der Waals surface area contributed by atoms with E-state index < -0.39 is 0 Å². The molecule has 27 heavy (non-hydrogen) atoms. The summed E-state index contributed by atoms with van der Waals surface area (Å²) in [6, 6.07) is 16.0. The van der Waals surface area contributed by atoms with Gasteiger partial charge in [-0.25, -0.2) is 0 Å². The highest BCUT2D eigenvalue weighted by molar-refractivity contribution is 5.94. The number of hydrogen-bond donors (Lipinski definition) is 3. The number of nitrogens with one attached hydrogen (secondary N) is 3. The van der Waals surface area contributed by atoms with Crippen LogP contribution in [0, 0.1) is 6.92 Å². The van der Waals surface area contributed by atoms with Gasteiger partial charge in [-0.1, -0.05) is 42.0 Å². The van der Waals surface area contributed by atoms with Crippen molar-refractivity contribution in [1.29, 1.82) is 0 Å². The van der Waals surface area contributed by atoms with Gasteiger partial charge in [-0.05, 0) is 51.0 Å². The summed E-state index contributed by atoms with van der Waals surface area (Å²) in [5.41, 5.74) is 3.87. The van der Waals surface area contributed by atoms with E-state index in [2.05, 4.69) is 52.1 Å². The Morgan fingerprint density at radius 1 is 0.963 bits per heavy atom. The summed E-state index contributed by atoms with van der Waals surface area (Å²) in [7, 11) is 1.75. The highest BCUT2D eigenvalue weighted by Gasteiger charge is 2.15. The van der Waals surface area contributed by atoms with Crippen molar-refractivity contribution in [2.75, 3.05) is 7.05 Å². The van der Waals surface area contributed by atoms with Crippen molar-refractivity contribution < 1.29 is 4.79 Å². The third kappa shape index (κ3) is 7.13. The van der Waals surface area contributed by atoms with Gasteiger partial charge in [0.25, 0.3) is 5.91 Å². The Kier molecular flexibility index (Phi) is 6.99. The molecule has 144 valence electrons. The minimum atomic E-state index is -0.257. The number of guanidine groups is 1. The van der Waals surface area contributed by atoms with Crippen LogP contribution in [0.5, 0.6) is 0 Å². The molecular weight excluding hydrogens is 336 g/mol. The molecule has 0 aliphatic rings. The largest absolute Gasteiger partial charge is 0.352 e. The fraction of sp³-hybridized carbons (Fsp3) is 0.364. The Hall–Kier alpha value is -2.82. The van der Waals surface area contributed by atoms with E-state index in [-0.39, 0.29) is 11.4 Å². The molecule has 0 aromatic heterocycles. The molecule has 0 radical (unpaired) electrons. The zero-order valence-corrected chi connectivity index (χ0v) is 16.9. The molecule has 0 bridgehead atoms. The minimum absolute atomic E-state index is 0.0637. The zero-order valence-electron chi connectivity index (χ0n) is 16.9. The summed E-state index contributed by atoms with van der Waals surface area (Å²) in [5, 5.41) is 9.58. The summed E-state index contributed by atoms with van der Waals surface area (Å²) in [6.45, 7) is 9.28. The van der Waals surface area contributed by atoms with Crippen LogP contribution in [0.1, 0.15) is 47.8 Å². The molecule has 3 N–H and O–H groups in total. The van der Waals surface area contributed by atoms with Gasteiger partial charge in [-0.15, -0.1) is 0 Å². The fourth-order valence-electron chi connectivity index (χ4n) is 2.53. The molecule has 0 unspecified atom stereocenters. The lowest BCUT2D eigenvalue weighted by atomic mass is 10.1. The van der Waals surface area contributed by atoms with Gasteiger partial charge in [0.2, 0.25) is 0 Å². The van der Waals surface area contributed by atoms with E-state index in [1.165, 1.54) is 11.1 Å². The molecule has 2 aromatic rings. The molecule has 0 spiro atoms. The van der Waals surface area contributed by atoms with Gasteiger partial charge in [0.1, 0.15) is 0 Å². The first kappa shape index (κ1) is 20.5. The highest BCUT2D eigenvalue weighted by atomic mass is 16.1. The van der Waals surface area contributed by atoms with Crippen molar-refractivity contribution in [1.82, 2.24) is 16.0 Å². The van der Waals surface area contributed by atoms with Crippen LogP contribution in [0.25, 0.3) is 0 Å². The van der Waals surface area contributed by atoms with Gasteiger partial charge in [-0.2, -0.15) is 0 Å². The Balaban J connectivity index is 1.91. The summed E-state index contributed by atoms with van der Waals surface area (Å²) < 4.78 is 0. The van der Waals surface area contributed by atoms with Crippen LogP contribution in [-0.2, 0) is 13.1 Å². The van der Waals surface area contributed by atoms with E-state index in [0.29, 0.717) is 18.7 Å². The Labute approximate surface area is 162 Å². The van der Waals surface area contributed by atoms with E-state index in [1.807, 2.05) is 45.0 Å². The van der Waals surface area contributed by atoms with Gasteiger partial charge in [-0.3, -0.25) is 9.79 Å². The first-order valence-corrected chi connectivity index (χ1v) is 9.18. The monoisotopic (exact) mass is 366 g/mol. The van der Waals surface area contributed by atoms with Crippen LogP contribution in [-0.4, -0.2) is 24.5 Å². The number of nitrogens with zero attached hydrogens (tertiary/aromatic N) is 1. The molecule has 1 amide bonds. The maximum atomic E-state index is 12.3. The van der Waals surface area contributed by atoms with Crippen molar-refractivity contribution in [3.8, 4) is 0 Å². The Morgan fingerprint density at radius 3 is 2.19 bits per heavy atom. The minimum Gasteiger partial charge on any atom is -0.352 e. The Morgan fingerprint density at radius 2 is 1.59 bits per heavy atom. The molecule has 0 fully saturated rings. The predicted molar refractivity (Wildman–Crippen MR) is 112 cm³/mol. The normalized spacial score (nSPS) is 11.8. The summed E-state index contributed by atoms with van der Waals surface area (Å²) in [6.07, 6.45) is 0. The smallest absolute Gasteiger partial charge is 0.251 e. The van der Waals surface area contributed by atoms with Crippen LogP contribution >= 0.6 is 0 Å². The van der Waals surface area contributed by atoms with E-state index in [4.69, 9.17) is 0 Å². The van der Waals surface area contributed by atoms with E-state index in [1.54, 1.807) is 7.05 Å². The Bertz CT molecular complexity index is 789. The van der Waals surface area contributed by atoms with Crippen LogP contribution in [0.3, 0.4) is 0 Å². The second-order valence-corrected chi connectivity index (χ2v) is 7.67. The van der Waals surface area contributed by atoms with Crippen molar-refractivity contribution >= 4 is 11.9 Å². The second kappa shape index (κ2) is 9.21. The molecule has 5 heteroatoms. The summed E-state index contributed by atoms with van der Waals surface area (Å²) >= 11 is 0. The average Bonchev–Trinajstić information content (AvgIpc) is 2.62. The number of hydrogen-bond acceptors (Lipinski definition) is 2. The number of benzene rings is 2. The molecule has 2 aromatic carbocycles. The lowest BCUT2D eigenvalue weighted by Crippen LogP contribution is -2.40. The molecule has 0 aliphatic heterocycles. The van der Waals surface area contributed by atoms with Crippen molar-refractivity contribution in [2.45, 2.75) is 46.3 Å². The van der Waals surface area contributed by atoms with Gasteiger partial charge >= 0.3 is 0 Å². The lowest BCUT2D eigenvalue weighted by molar-refractivity contribution is 0.0919. The molecule has 0 saturated heterocycles. The number of aryl methyl sites for hydroxylation is 1. The molecule has 0 aliphatic carbocycles. The quantitative estimate of drug-likeness (QED) is 0.561. The van der Waals surface area contributed by atoms with E-state index in [9.17, 15) is 4.79 Å². The zero-order chi connectivity index (χ0) is 19.9. The molecule has 5 nitrogen and oxygen atoms in total. The molecule has 0 saturated carbocycles. The molecular formula is C22H30N4O. The topological polar surface area (TPSA) is 65.5 Å². The number of aliphatic imine (C=N–C) groups is 1. The number of amides is 1. The maximum Gasteiger partial charge on any atom is 0.251 e. The maximum absolute atomic E-state index is 12.3. The highest BCUT2D eigenvalue weighted by Crippen LogP contribution is 2.08.